The van der Waals surface area contributed by atoms with E-state index in [0.29, 0.717) is 0 Å². The highest BCUT2D eigenvalue weighted by Crippen LogP contribution is 2.31. The summed E-state index contributed by atoms with van der Waals surface area (Å²) in [6.07, 6.45) is 0. The molecule has 0 atom stereocenters. The molecule has 11 heavy (non-hydrogen) atoms. The van der Waals surface area contributed by atoms with Crippen molar-refractivity contribution >= 4 is 21.6 Å². The molecule has 0 radical (unpaired) electrons. The van der Waals surface area contributed by atoms with Crippen molar-refractivity contribution in [2.75, 3.05) is 12.4 Å². The second-order valence-electron chi connectivity index (χ2n) is 2.32. The predicted molar refractivity (Wildman–Crippen MR) is 50.1 cm³/mol. The largest absolute Gasteiger partial charge is 0.506 e. The molecule has 0 aliphatic heterocycles. The summed E-state index contributed by atoms with van der Waals surface area (Å²) in [5, 5.41) is 12.3. The van der Waals surface area contributed by atoms with Crippen LogP contribution in [0.3, 0.4) is 0 Å². The van der Waals surface area contributed by atoms with Gasteiger partial charge in [0.25, 0.3) is 0 Å². The highest BCUT2D eigenvalue weighted by molar-refractivity contribution is 9.10. The fraction of sp³-hybridized carbons (Fsp3) is 0.250. The molecule has 2 nitrogen and oxygen atoms in total. The summed E-state index contributed by atoms with van der Waals surface area (Å²) in [7, 11) is 1.79. The van der Waals surface area contributed by atoms with Gasteiger partial charge in [-0.3, -0.25) is 0 Å². The number of anilines is 1. The van der Waals surface area contributed by atoms with E-state index in [2.05, 4.69) is 21.2 Å². The van der Waals surface area contributed by atoms with Crippen LogP contribution in [0.4, 0.5) is 5.69 Å². The summed E-state index contributed by atoms with van der Waals surface area (Å²) in [5.74, 6) is 0.285. The van der Waals surface area contributed by atoms with E-state index in [1.54, 1.807) is 13.1 Å². The van der Waals surface area contributed by atoms with Gasteiger partial charge in [0.2, 0.25) is 0 Å². The van der Waals surface area contributed by atoms with Crippen molar-refractivity contribution in [3.05, 3.63) is 22.2 Å². The number of halogens is 1. The lowest BCUT2D eigenvalue weighted by molar-refractivity contribution is 0.477. The monoisotopic (exact) mass is 215 g/mol. The van der Waals surface area contributed by atoms with Crippen molar-refractivity contribution in [1.82, 2.24) is 0 Å². The molecule has 60 valence electrons. The first-order chi connectivity index (χ1) is 5.16. The lowest BCUT2D eigenvalue weighted by atomic mass is 10.2. The van der Waals surface area contributed by atoms with Crippen LogP contribution in [0.25, 0.3) is 0 Å². The Hall–Kier alpha value is -0.700. The highest BCUT2D eigenvalue weighted by atomic mass is 79.9. The molecule has 0 heterocycles. The van der Waals surface area contributed by atoms with Gasteiger partial charge in [-0.1, -0.05) is 15.9 Å². The van der Waals surface area contributed by atoms with Crippen LogP contribution >= 0.6 is 15.9 Å². The molecule has 0 saturated heterocycles. The molecule has 0 fully saturated rings. The van der Waals surface area contributed by atoms with E-state index >= 15 is 0 Å². The Morgan fingerprint density at radius 2 is 2.09 bits per heavy atom. The Bertz CT molecular complexity index is 273. The number of phenolic OH excluding ortho intramolecular Hbond substituents is 1. The number of aromatic hydroxyl groups is 1. The fourth-order valence-corrected chi connectivity index (χ4v) is 1.32. The van der Waals surface area contributed by atoms with Crippen molar-refractivity contribution in [2.45, 2.75) is 6.92 Å². The Balaban J connectivity index is 3.29. The van der Waals surface area contributed by atoms with Crippen molar-refractivity contribution < 1.29 is 5.11 Å². The molecule has 1 aromatic rings. The number of benzene rings is 1. The van der Waals surface area contributed by atoms with Crippen LogP contribution in [-0.2, 0) is 0 Å². The van der Waals surface area contributed by atoms with Gasteiger partial charge in [-0.25, -0.2) is 0 Å². The fourth-order valence-electron chi connectivity index (χ4n) is 0.988. The second kappa shape index (κ2) is 3.13. The zero-order valence-electron chi connectivity index (χ0n) is 6.48. The zero-order chi connectivity index (χ0) is 8.43. The van der Waals surface area contributed by atoms with Crippen LogP contribution in [0.5, 0.6) is 5.75 Å². The summed E-state index contributed by atoms with van der Waals surface area (Å²) in [4.78, 5) is 0. The van der Waals surface area contributed by atoms with Crippen LogP contribution < -0.4 is 5.32 Å². The summed E-state index contributed by atoms with van der Waals surface area (Å²) in [5.41, 5.74) is 1.80. The van der Waals surface area contributed by atoms with E-state index in [1.807, 2.05) is 13.0 Å². The van der Waals surface area contributed by atoms with E-state index in [4.69, 9.17) is 0 Å². The Labute approximate surface area is 74.4 Å². The van der Waals surface area contributed by atoms with Crippen molar-refractivity contribution in [3.63, 3.8) is 0 Å². The van der Waals surface area contributed by atoms with Gasteiger partial charge in [0.1, 0.15) is 5.75 Å². The molecule has 0 aromatic heterocycles. The van der Waals surface area contributed by atoms with E-state index in [0.717, 1.165) is 15.7 Å². The lowest BCUT2D eigenvalue weighted by Crippen LogP contribution is -1.92. The molecule has 0 aliphatic rings. The second-order valence-corrected chi connectivity index (χ2v) is 3.17. The van der Waals surface area contributed by atoms with Gasteiger partial charge in [-0.2, -0.15) is 0 Å². The minimum Gasteiger partial charge on any atom is -0.506 e. The lowest BCUT2D eigenvalue weighted by Gasteiger charge is -2.08. The topological polar surface area (TPSA) is 32.3 Å². The molecule has 3 heteroatoms. The average molecular weight is 216 g/mol. The first-order valence-electron chi connectivity index (χ1n) is 3.32. The van der Waals surface area contributed by atoms with Gasteiger partial charge in [-0.15, -0.1) is 0 Å². The van der Waals surface area contributed by atoms with E-state index < -0.39 is 0 Å². The maximum absolute atomic E-state index is 9.33. The minimum atomic E-state index is 0.285. The van der Waals surface area contributed by atoms with Crippen molar-refractivity contribution in [3.8, 4) is 5.75 Å². The maximum Gasteiger partial charge on any atom is 0.139 e. The molecule has 1 rings (SSSR count). The number of rotatable bonds is 1. The van der Waals surface area contributed by atoms with E-state index in [9.17, 15) is 5.11 Å². The zero-order valence-corrected chi connectivity index (χ0v) is 8.07. The summed E-state index contributed by atoms with van der Waals surface area (Å²) in [6, 6.07) is 3.48. The summed E-state index contributed by atoms with van der Waals surface area (Å²) < 4.78 is 1.000. The van der Waals surface area contributed by atoms with Gasteiger partial charge in [0.15, 0.2) is 0 Å². The van der Waals surface area contributed by atoms with Crippen molar-refractivity contribution in [2.24, 2.45) is 0 Å². The SMILES string of the molecule is CNc1c(O)ccc(Br)c1C. The molecule has 0 amide bonds. The third-order valence-corrected chi connectivity index (χ3v) is 2.49. The first kappa shape index (κ1) is 8.40. The number of hydrogen-bond donors (Lipinski definition) is 2. The number of phenols is 1. The van der Waals surface area contributed by atoms with Gasteiger partial charge < -0.3 is 10.4 Å². The molecule has 2 N–H and O–H groups in total. The van der Waals surface area contributed by atoms with E-state index in [1.165, 1.54) is 0 Å². The van der Waals surface area contributed by atoms with Crippen LogP contribution in [0.1, 0.15) is 5.56 Å². The van der Waals surface area contributed by atoms with E-state index in [-0.39, 0.29) is 5.75 Å². The number of nitrogens with one attached hydrogen (secondary N) is 1. The molecule has 0 aliphatic carbocycles. The Morgan fingerprint density at radius 1 is 1.45 bits per heavy atom. The maximum atomic E-state index is 9.33. The molecule has 1 aromatic carbocycles. The third kappa shape index (κ3) is 1.48. The molecule has 0 unspecified atom stereocenters. The van der Waals surface area contributed by atoms with Gasteiger partial charge in [0.05, 0.1) is 5.69 Å². The molecule has 0 bridgehead atoms. The van der Waals surface area contributed by atoms with Crippen LogP contribution in [-0.4, -0.2) is 12.2 Å². The van der Waals surface area contributed by atoms with Crippen molar-refractivity contribution in [1.29, 1.82) is 0 Å². The van der Waals surface area contributed by atoms with Crippen LogP contribution in [0, 0.1) is 6.92 Å². The number of hydrogen-bond acceptors (Lipinski definition) is 2. The van der Waals surface area contributed by atoms with Gasteiger partial charge in [-0.05, 0) is 24.6 Å². The summed E-state index contributed by atoms with van der Waals surface area (Å²) in [6.45, 7) is 1.94. The molecular formula is C8H10BrNO. The quantitative estimate of drug-likeness (QED) is 0.707. The average Bonchev–Trinajstić information content (AvgIpc) is 1.99. The van der Waals surface area contributed by atoms with Crippen LogP contribution in [0.2, 0.25) is 0 Å². The minimum absolute atomic E-state index is 0.285. The summed E-state index contributed by atoms with van der Waals surface area (Å²) >= 11 is 3.37. The highest BCUT2D eigenvalue weighted by Gasteiger charge is 2.04. The molecule has 0 saturated carbocycles. The van der Waals surface area contributed by atoms with Gasteiger partial charge in [0, 0.05) is 11.5 Å². The first-order valence-corrected chi connectivity index (χ1v) is 4.12. The van der Waals surface area contributed by atoms with Crippen LogP contribution in [0.15, 0.2) is 16.6 Å². The Kier molecular flexibility index (Phi) is 2.39. The molecule has 0 spiro atoms. The third-order valence-electron chi connectivity index (χ3n) is 1.63. The molecular weight excluding hydrogens is 206 g/mol. The van der Waals surface area contributed by atoms with Gasteiger partial charge >= 0.3 is 0 Å². The standard InChI is InChI=1S/C8H10BrNO/c1-5-6(9)3-4-7(11)8(5)10-2/h3-4,10-11H,1-2H3. The Morgan fingerprint density at radius 3 is 2.55 bits per heavy atom. The predicted octanol–water partition coefficient (Wildman–Crippen LogP) is 2.50. The normalized spacial score (nSPS) is 9.73. The smallest absolute Gasteiger partial charge is 0.139 e.